The molecule has 0 radical (unpaired) electrons. The van der Waals surface area contributed by atoms with Crippen molar-refractivity contribution in [2.24, 2.45) is 11.7 Å². The van der Waals surface area contributed by atoms with Crippen molar-refractivity contribution >= 4 is 17.3 Å². The first-order valence-corrected chi connectivity index (χ1v) is 6.18. The van der Waals surface area contributed by atoms with Gasteiger partial charge in [-0.2, -0.15) is 0 Å². The third kappa shape index (κ3) is 2.58. The van der Waals surface area contributed by atoms with E-state index in [1.54, 1.807) is 26.0 Å². The quantitative estimate of drug-likeness (QED) is 0.640. The van der Waals surface area contributed by atoms with Crippen molar-refractivity contribution in [1.82, 2.24) is 0 Å². The minimum Gasteiger partial charge on any atom is -0.324 e. The number of anilines is 1. The molecule has 1 aromatic carbocycles. The third-order valence-electron chi connectivity index (χ3n) is 3.66. The Bertz CT molecular complexity index is 536. The molecule has 0 aliphatic heterocycles. The van der Waals surface area contributed by atoms with Crippen molar-refractivity contribution in [3.05, 3.63) is 33.9 Å². The summed E-state index contributed by atoms with van der Waals surface area (Å²) in [5.74, 6) is -0.0925. The van der Waals surface area contributed by atoms with Crippen molar-refractivity contribution in [2.45, 2.75) is 32.2 Å². The molecular weight excluding hydrogens is 246 g/mol. The fraction of sp³-hybridized carbons (Fsp3) is 0.462. The van der Waals surface area contributed by atoms with Gasteiger partial charge in [-0.05, 0) is 38.7 Å². The van der Waals surface area contributed by atoms with Crippen LogP contribution in [-0.2, 0) is 4.79 Å². The van der Waals surface area contributed by atoms with Crippen LogP contribution in [0.1, 0.15) is 25.3 Å². The smallest absolute Gasteiger partial charge is 0.274 e. The maximum atomic E-state index is 12.1. The molecule has 6 heteroatoms. The summed E-state index contributed by atoms with van der Waals surface area (Å²) in [6.07, 6.45) is 1.91. The summed E-state index contributed by atoms with van der Waals surface area (Å²) in [4.78, 5) is 22.5. The highest BCUT2D eigenvalue weighted by Crippen LogP contribution is 2.38. The van der Waals surface area contributed by atoms with E-state index in [0.29, 0.717) is 11.3 Å². The van der Waals surface area contributed by atoms with E-state index in [1.807, 2.05) is 0 Å². The Morgan fingerprint density at radius 3 is 2.68 bits per heavy atom. The second-order valence-electron chi connectivity index (χ2n) is 5.22. The maximum Gasteiger partial charge on any atom is 0.274 e. The Morgan fingerprint density at radius 2 is 2.16 bits per heavy atom. The highest BCUT2D eigenvalue weighted by atomic mass is 16.6. The van der Waals surface area contributed by atoms with E-state index in [0.717, 1.165) is 12.8 Å². The van der Waals surface area contributed by atoms with Crippen LogP contribution in [0.4, 0.5) is 11.4 Å². The molecule has 2 rings (SSSR count). The highest BCUT2D eigenvalue weighted by Gasteiger charge is 2.44. The normalized spacial score (nSPS) is 17.6. The molecule has 1 atom stereocenters. The number of benzene rings is 1. The third-order valence-corrected chi connectivity index (χ3v) is 3.66. The summed E-state index contributed by atoms with van der Waals surface area (Å²) in [5.41, 5.74) is 5.96. The molecule has 102 valence electrons. The maximum absolute atomic E-state index is 12.1. The van der Waals surface area contributed by atoms with E-state index in [9.17, 15) is 14.9 Å². The van der Waals surface area contributed by atoms with Crippen molar-refractivity contribution in [2.75, 3.05) is 5.32 Å². The van der Waals surface area contributed by atoms with Crippen LogP contribution in [0.5, 0.6) is 0 Å². The number of nitrogens with zero attached hydrogens (tertiary/aromatic N) is 1. The van der Waals surface area contributed by atoms with Crippen LogP contribution < -0.4 is 11.1 Å². The number of nitro benzene ring substituents is 1. The summed E-state index contributed by atoms with van der Waals surface area (Å²) in [5, 5.41) is 13.5. The van der Waals surface area contributed by atoms with Crippen LogP contribution in [0.3, 0.4) is 0 Å². The van der Waals surface area contributed by atoms with Gasteiger partial charge in [-0.3, -0.25) is 14.9 Å². The Morgan fingerprint density at radius 1 is 1.53 bits per heavy atom. The van der Waals surface area contributed by atoms with Crippen molar-refractivity contribution in [3.63, 3.8) is 0 Å². The number of hydrogen-bond acceptors (Lipinski definition) is 4. The first-order chi connectivity index (χ1) is 8.84. The minimum absolute atomic E-state index is 0.0112. The fourth-order valence-corrected chi connectivity index (χ4v) is 2.08. The van der Waals surface area contributed by atoms with Crippen LogP contribution in [0.2, 0.25) is 0 Å². The Hall–Kier alpha value is -1.95. The van der Waals surface area contributed by atoms with Gasteiger partial charge >= 0.3 is 0 Å². The van der Waals surface area contributed by atoms with Gasteiger partial charge in [-0.1, -0.05) is 6.07 Å². The number of amides is 1. The molecule has 0 saturated heterocycles. The summed E-state index contributed by atoms with van der Waals surface area (Å²) in [6, 6.07) is 4.60. The molecule has 3 N–H and O–H groups in total. The van der Waals surface area contributed by atoms with Gasteiger partial charge in [0.25, 0.3) is 5.69 Å². The minimum atomic E-state index is -0.920. The molecule has 1 saturated carbocycles. The predicted octanol–water partition coefficient (Wildman–Crippen LogP) is 1.97. The lowest BCUT2D eigenvalue weighted by atomic mass is 9.96. The second kappa shape index (κ2) is 4.62. The number of nitrogens with one attached hydrogen (secondary N) is 1. The molecule has 6 nitrogen and oxygen atoms in total. The van der Waals surface area contributed by atoms with Crippen LogP contribution >= 0.6 is 0 Å². The van der Waals surface area contributed by atoms with Crippen LogP contribution in [-0.4, -0.2) is 16.4 Å². The zero-order chi connectivity index (χ0) is 14.2. The number of carbonyl (C=O) groups excluding carboxylic acids is 1. The largest absolute Gasteiger partial charge is 0.324 e. The first kappa shape index (κ1) is 13.5. The Kier molecular flexibility index (Phi) is 3.28. The van der Waals surface area contributed by atoms with Gasteiger partial charge in [-0.25, -0.2) is 0 Å². The van der Waals surface area contributed by atoms with Gasteiger partial charge < -0.3 is 11.1 Å². The Balaban J connectivity index is 2.22. The van der Waals surface area contributed by atoms with E-state index < -0.39 is 10.5 Å². The number of carbonyl (C=O) groups is 1. The molecule has 1 aliphatic rings. The SMILES string of the molecule is Cc1c(NC(=O)C(C)(N)C2CC2)cccc1[N+](=O)[O-]. The fourth-order valence-electron chi connectivity index (χ4n) is 2.08. The lowest BCUT2D eigenvalue weighted by molar-refractivity contribution is -0.385. The van der Waals surface area contributed by atoms with E-state index in [-0.39, 0.29) is 17.5 Å². The molecule has 1 unspecified atom stereocenters. The molecule has 1 fully saturated rings. The summed E-state index contributed by atoms with van der Waals surface area (Å²) in [6.45, 7) is 3.31. The molecule has 19 heavy (non-hydrogen) atoms. The van der Waals surface area contributed by atoms with E-state index >= 15 is 0 Å². The number of nitrogens with two attached hydrogens (primary N) is 1. The molecule has 1 aliphatic carbocycles. The average Bonchev–Trinajstić information content (AvgIpc) is 3.15. The van der Waals surface area contributed by atoms with E-state index in [2.05, 4.69) is 5.32 Å². The highest BCUT2D eigenvalue weighted by molar-refractivity contribution is 5.99. The van der Waals surface area contributed by atoms with Gasteiger partial charge in [0.05, 0.1) is 21.7 Å². The molecule has 0 bridgehead atoms. The summed E-state index contributed by atoms with van der Waals surface area (Å²) < 4.78 is 0. The summed E-state index contributed by atoms with van der Waals surface area (Å²) in [7, 11) is 0. The van der Waals surface area contributed by atoms with Crippen molar-refractivity contribution in [3.8, 4) is 0 Å². The van der Waals surface area contributed by atoms with E-state index in [4.69, 9.17) is 5.73 Å². The van der Waals surface area contributed by atoms with Gasteiger partial charge in [0.1, 0.15) is 0 Å². The van der Waals surface area contributed by atoms with Crippen LogP contribution in [0.25, 0.3) is 0 Å². The zero-order valence-electron chi connectivity index (χ0n) is 11.0. The van der Waals surface area contributed by atoms with Crippen LogP contribution in [0.15, 0.2) is 18.2 Å². The van der Waals surface area contributed by atoms with Gasteiger partial charge in [0.15, 0.2) is 0 Å². The molecule has 1 aromatic rings. The van der Waals surface area contributed by atoms with Crippen molar-refractivity contribution in [1.29, 1.82) is 0 Å². The van der Waals surface area contributed by atoms with Gasteiger partial charge in [0.2, 0.25) is 5.91 Å². The average molecular weight is 263 g/mol. The number of rotatable bonds is 4. The molecule has 0 spiro atoms. The number of nitro groups is 1. The second-order valence-corrected chi connectivity index (χ2v) is 5.22. The van der Waals surface area contributed by atoms with Crippen LogP contribution in [0, 0.1) is 23.0 Å². The van der Waals surface area contributed by atoms with Crippen molar-refractivity contribution < 1.29 is 9.72 Å². The topological polar surface area (TPSA) is 98.3 Å². The molecule has 1 amide bonds. The number of hydrogen-bond donors (Lipinski definition) is 2. The zero-order valence-corrected chi connectivity index (χ0v) is 11.0. The monoisotopic (exact) mass is 263 g/mol. The molecule has 0 aromatic heterocycles. The van der Waals surface area contributed by atoms with Gasteiger partial charge in [-0.15, -0.1) is 0 Å². The van der Waals surface area contributed by atoms with E-state index in [1.165, 1.54) is 6.07 Å². The lowest BCUT2D eigenvalue weighted by Crippen LogP contribution is -2.50. The summed E-state index contributed by atoms with van der Waals surface area (Å²) >= 11 is 0. The molecular formula is C13H17N3O3. The van der Waals surface area contributed by atoms with Gasteiger partial charge in [0, 0.05) is 6.07 Å². The predicted molar refractivity (Wildman–Crippen MR) is 71.8 cm³/mol. The molecule has 0 heterocycles. The lowest BCUT2D eigenvalue weighted by Gasteiger charge is -2.23. The standard InChI is InChI=1S/C13H17N3O3/c1-8-10(4-3-5-11(8)16(18)19)15-12(17)13(2,14)9-6-7-9/h3-5,9H,6-7,14H2,1-2H3,(H,15,17). The first-order valence-electron chi connectivity index (χ1n) is 6.18. The Labute approximate surface area is 111 Å².